The maximum Gasteiger partial charge on any atom is 0.131 e. The number of hydrogen-bond acceptors (Lipinski definition) is 2. The van der Waals surface area contributed by atoms with Gasteiger partial charge in [0.15, 0.2) is 0 Å². The molecule has 1 aromatic heterocycles. The highest BCUT2D eigenvalue weighted by Gasteiger charge is 2.24. The summed E-state index contributed by atoms with van der Waals surface area (Å²) in [5, 5.41) is 0.682. The first kappa shape index (κ1) is 14.4. The van der Waals surface area contributed by atoms with Gasteiger partial charge in [0.25, 0.3) is 0 Å². The van der Waals surface area contributed by atoms with Gasteiger partial charge in [-0.3, -0.25) is 0 Å². The fourth-order valence-electron chi connectivity index (χ4n) is 2.06. The molecule has 0 bridgehead atoms. The van der Waals surface area contributed by atoms with Crippen LogP contribution in [0, 0.1) is 0 Å². The fourth-order valence-corrected chi connectivity index (χ4v) is 2.93. The van der Waals surface area contributed by atoms with Crippen LogP contribution in [0.15, 0.2) is 22.7 Å². The number of benzene rings is 1. The Morgan fingerprint density at radius 1 is 1.32 bits per heavy atom. The van der Waals surface area contributed by atoms with Crippen molar-refractivity contribution in [3.63, 3.8) is 0 Å². The minimum Gasteiger partial charge on any atom is -0.383 e. The second-order valence-corrected chi connectivity index (χ2v) is 6.89. The molecule has 0 unspecified atom stereocenters. The molecular weight excluding hydrogens is 326 g/mol. The number of halogens is 2. The number of nitrogens with two attached hydrogens (primary N) is 1. The third-order valence-corrected chi connectivity index (χ3v) is 3.89. The van der Waals surface area contributed by atoms with Gasteiger partial charge in [-0.2, -0.15) is 0 Å². The zero-order chi connectivity index (χ0) is 14.4. The summed E-state index contributed by atoms with van der Waals surface area (Å²) in [5.41, 5.74) is 7.87. The van der Waals surface area contributed by atoms with Gasteiger partial charge >= 0.3 is 0 Å². The molecule has 3 nitrogen and oxygen atoms in total. The minimum atomic E-state index is -0.0555. The number of aromatic nitrogens is 2. The van der Waals surface area contributed by atoms with Crippen molar-refractivity contribution in [1.82, 2.24) is 9.55 Å². The van der Waals surface area contributed by atoms with Crippen molar-refractivity contribution in [3.05, 3.63) is 33.5 Å². The van der Waals surface area contributed by atoms with Crippen LogP contribution in [0.3, 0.4) is 0 Å². The molecule has 0 saturated heterocycles. The first-order valence-corrected chi connectivity index (χ1v) is 7.17. The summed E-state index contributed by atoms with van der Waals surface area (Å²) in [6.07, 6.45) is 0. The molecule has 0 fully saturated rings. The second kappa shape index (κ2) is 4.84. The first-order valence-electron chi connectivity index (χ1n) is 6.00. The Morgan fingerprint density at radius 3 is 2.42 bits per heavy atom. The quantitative estimate of drug-likeness (QED) is 0.835. The maximum atomic E-state index is 6.19. The van der Waals surface area contributed by atoms with E-state index in [2.05, 4.69) is 36.7 Å². The average molecular weight is 343 g/mol. The lowest BCUT2D eigenvalue weighted by atomic mass is 9.96. The van der Waals surface area contributed by atoms with E-state index in [0.29, 0.717) is 10.8 Å². The van der Waals surface area contributed by atoms with Gasteiger partial charge in [0.2, 0.25) is 0 Å². The van der Waals surface area contributed by atoms with Crippen LogP contribution in [-0.2, 0) is 12.5 Å². The van der Waals surface area contributed by atoms with Crippen LogP contribution in [0.25, 0.3) is 11.3 Å². The summed E-state index contributed by atoms with van der Waals surface area (Å²) in [5.74, 6) is 1.62. The summed E-state index contributed by atoms with van der Waals surface area (Å²) in [6.45, 7) is 6.36. The van der Waals surface area contributed by atoms with Crippen molar-refractivity contribution in [1.29, 1.82) is 0 Å². The van der Waals surface area contributed by atoms with Gasteiger partial charge in [0, 0.05) is 27.5 Å². The lowest BCUT2D eigenvalue weighted by Crippen LogP contribution is -2.17. The molecule has 0 radical (unpaired) electrons. The van der Waals surface area contributed by atoms with Crippen LogP contribution in [0.5, 0.6) is 0 Å². The highest BCUT2D eigenvalue weighted by Crippen LogP contribution is 2.35. The Hall–Kier alpha value is -1.00. The molecule has 0 atom stereocenters. The highest BCUT2D eigenvalue weighted by atomic mass is 79.9. The van der Waals surface area contributed by atoms with Crippen LogP contribution in [0.1, 0.15) is 26.6 Å². The van der Waals surface area contributed by atoms with Crippen molar-refractivity contribution in [2.24, 2.45) is 7.05 Å². The zero-order valence-corrected chi connectivity index (χ0v) is 13.8. The molecule has 5 heteroatoms. The Labute approximate surface area is 126 Å². The van der Waals surface area contributed by atoms with Crippen molar-refractivity contribution in [2.45, 2.75) is 26.2 Å². The summed E-state index contributed by atoms with van der Waals surface area (Å²) in [6, 6.07) is 5.62. The fraction of sp³-hybridized carbons (Fsp3) is 0.357. The summed E-state index contributed by atoms with van der Waals surface area (Å²) >= 11 is 9.48. The number of imidazole rings is 1. The van der Waals surface area contributed by atoms with E-state index in [4.69, 9.17) is 22.3 Å². The molecule has 0 aliphatic carbocycles. The van der Waals surface area contributed by atoms with E-state index >= 15 is 0 Å². The maximum absolute atomic E-state index is 6.19. The van der Waals surface area contributed by atoms with Crippen LogP contribution >= 0.6 is 27.5 Å². The molecular formula is C14H17BrClN3. The van der Waals surface area contributed by atoms with E-state index in [-0.39, 0.29) is 5.41 Å². The Balaban J connectivity index is 2.64. The first-order chi connectivity index (χ1) is 8.71. The second-order valence-electron chi connectivity index (χ2n) is 5.60. The van der Waals surface area contributed by atoms with Crippen LogP contribution in [-0.4, -0.2) is 9.55 Å². The number of rotatable bonds is 1. The summed E-state index contributed by atoms with van der Waals surface area (Å²) < 4.78 is 2.83. The topological polar surface area (TPSA) is 43.8 Å². The molecule has 102 valence electrons. The van der Waals surface area contributed by atoms with E-state index in [1.807, 2.05) is 29.8 Å². The largest absolute Gasteiger partial charge is 0.383 e. The average Bonchev–Trinajstić information content (AvgIpc) is 2.56. The van der Waals surface area contributed by atoms with Gasteiger partial charge in [-0.25, -0.2) is 4.98 Å². The zero-order valence-electron chi connectivity index (χ0n) is 11.5. The standard InChI is InChI=1S/C14H17BrClN3/c1-14(2,3)13-18-11(12(17)19(13)4)9-6-5-8(16)7-10(9)15/h5-7H,17H2,1-4H3. The number of hydrogen-bond donors (Lipinski definition) is 1. The Kier molecular flexibility index (Phi) is 3.67. The molecule has 0 amide bonds. The molecule has 1 aromatic carbocycles. The van der Waals surface area contributed by atoms with Gasteiger partial charge in [-0.1, -0.05) is 54.4 Å². The molecule has 19 heavy (non-hydrogen) atoms. The van der Waals surface area contributed by atoms with Crippen molar-refractivity contribution >= 4 is 33.3 Å². The van der Waals surface area contributed by atoms with Gasteiger partial charge in [-0.15, -0.1) is 0 Å². The number of anilines is 1. The molecule has 2 aromatic rings. The normalized spacial score (nSPS) is 11.9. The van der Waals surface area contributed by atoms with Crippen molar-refractivity contribution in [2.75, 3.05) is 5.73 Å². The Morgan fingerprint density at radius 2 is 1.95 bits per heavy atom. The third kappa shape index (κ3) is 2.65. The predicted molar refractivity (Wildman–Crippen MR) is 84.5 cm³/mol. The smallest absolute Gasteiger partial charge is 0.131 e. The van der Waals surface area contributed by atoms with E-state index < -0.39 is 0 Å². The summed E-state index contributed by atoms with van der Waals surface area (Å²) in [4.78, 5) is 4.71. The van der Waals surface area contributed by atoms with Crippen LogP contribution in [0.2, 0.25) is 5.02 Å². The molecule has 0 aliphatic rings. The number of nitrogen functional groups attached to an aromatic ring is 1. The molecule has 2 rings (SSSR count). The molecule has 2 N–H and O–H groups in total. The van der Waals surface area contributed by atoms with Crippen molar-refractivity contribution in [3.8, 4) is 11.3 Å². The van der Waals surface area contributed by atoms with Crippen LogP contribution < -0.4 is 5.73 Å². The van der Waals surface area contributed by atoms with Crippen molar-refractivity contribution < 1.29 is 0 Å². The van der Waals surface area contributed by atoms with Crippen LogP contribution in [0.4, 0.5) is 5.82 Å². The monoisotopic (exact) mass is 341 g/mol. The van der Waals surface area contributed by atoms with Gasteiger partial charge in [0.05, 0.1) is 0 Å². The molecule has 0 aliphatic heterocycles. The summed E-state index contributed by atoms with van der Waals surface area (Å²) in [7, 11) is 1.94. The Bertz CT molecular complexity index is 626. The SMILES string of the molecule is Cn1c(C(C)(C)C)nc(-c2ccc(Cl)cc2Br)c1N. The van der Waals surface area contributed by atoms with Gasteiger partial charge in [0.1, 0.15) is 17.3 Å². The van der Waals surface area contributed by atoms with E-state index in [1.54, 1.807) is 0 Å². The predicted octanol–water partition coefficient (Wildman–Crippen LogP) is 4.38. The van der Waals surface area contributed by atoms with Gasteiger partial charge < -0.3 is 10.3 Å². The van der Waals surface area contributed by atoms with E-state index in [1.165, 1.54) is 0 Å². The lowest BCUT2D eigenvalue weighted by molar-refractivity contribution is 0.524. The minimum absolute atomic E-state index is 0.0555. The number of nitrogens with zero attached hydrogens (tertiary/aromatic N) is 2. The van der Waals surface area contributed by atoms with E-state index in [0.717, 1.165) is 21.6 Å². The van der Waals surface area contributed by atoms with E-state index in [9.17, 15) is 0 Å². The third-order valence-electron chi connectivity index (χ3n) is 3.00. The molecule has 0 spiro atoms. The van der Waals surface area contributed by atoms with Gasteiger partial charge in [-0.05, 0) is 12.1 Å². The molecule has 0 saturated carbocycles. The lowest BCUT2D eigenvalue weighted by Gasteiger charge is -2.17. The highest BCUT2D eigenvalue weighted by molar-refractivity contribution is 9.10. The molecule has 1 heterocycles.